The number of rotatable bonds is 3. The van der Waals surface area contributed by atoms with E-state index >= 15 is 0 Å². The molecule has 6 nitrogen and oxygen atoms in total. The second-order valence-corrected chi connectivity index (χ2v) is 9.52. The highest BCUT2D eigenvalue weighted by Gasteiger charge is 2.33. The molecule has 0 saturated carbocycles. The molecule has 0 aromatic heterocycles. The molecule has 5 rings (SSSR count). The molecule has 0 unspecified atom stereocenters. The third-order valence-electron chi connectivity index (χ3n) is 5.70. The summed E-state index contributed by atoms with van der Waals surface area (Å²) >= 11 is 0. The Morgan fingerprint density at radius 2 is 1.72 bits per heavy atom. The number of fused-ring (bicyclic) bond motifs is 2. The van der Waals surface area contributed by atoms with Crippen molar-refractivity contribution in [2.75, 3.05) is 33.2 Å². The minimum Gasteiger partial charge on any atom is -0.354 e. The van der Waals surface area contributed by atoms with E-state index in [0.29, 0.717) is 12.1 Å². The van der Waals surface area contributed by atoms with Gasteiger partial charge in [-0.25, -0.2) is 13.4 Å². The zero-order valence-electron chi connectivity index (χ0n) is 16.2. The molecule has 3 aliphatic rings. The number of nitrogens with zero attached hydrogens (tertiary/aromatic N) is 4. The topological polar surface area (TPSA) is 65.3 Å². The maximum atomic E-state index is 13.4. The molecular weight excluding hydrogens is 384 g/mol. The number of hydrogen-bond acceptors (Lipinski definition) is 6. The second-order valence-electron chi connectivity index (χ2n) is 7.60. The predicted molar refractivity (Wildman–Crippen MR) is 116 cm³/mol. The lowest BCUT2D eigenvalue weighted by Crippen LogP contribution is -2.44. The van der Waals surface area contributed by atoms with Gasteiger partial charge in [-0.1, -0.05) is 30.3 Å². The van der Waals surface area contributed by atoms with Gasteiger partial charge in [-0.15, -0.1) is 0 Å². The first kappa shape index (κ1) is 18.3. The normalized spacial score (nSPS) is 20.1. The minimum atomic E-state index is -3.70. The molecular formula is C22H22N4O2S. The van der Waals surface area contributed by atoms with Gasteiger partial charge in [0.15, 0.2) is 0 Å². The average Bonchev–Trinajstić information content (AvgIpc) is 3.18. The summed E-state index contributed by atoms with van der Waals surface area (Å²) < 4.78 is 26.8. The van der Waals surface area contributed by atoms with Gasteiger partial charge in [-0.05, 0) is 36.0 Å². The summed E-state index contributed by atoms with van der Waals surface area (Å²) in [5.74, 6) is 0.855. The van der Waals surface area contributed by atoms with Gasteiger partial charge in [0.05, 0.1) is 10.6 Å². The van der Waals surface area contributed by atoms with Gasteiger partial charge < -0.3 is 9.80 Å². The van der Waals surface area contributed by atoms with Crippen molar-refractivity contribution >= 4 is 32.0 Å². The summed E-state index contributed by atoms with van der Waals surface area (Å²) in [6.45, 7) is 3.73. The van der Waals surface area contributed by atoms with Crippen LogP contribution in [0.3, 0.4) is 0 Å². The maximum absolute atomic E-state index is 13.4. The van der Waals surface area contributed by atoms with E-state index in [9.17, 15) is 8.42 Å². The van der Waals surface area contributed by atoms with E-state index in [1.54, 1.807) is 12.1 Å². The Labute approximate surface area is 170 Å². The SMILES string of the molecule is CN1CCN(C2=CCC3=NC=C(S(=O)(=O)c4ccc5ccccc5c4)C3=N2)CC1. The molecule has 3 heterocycles. The Bertz CT molecular complexity index is 1220. The van der Waals surface area contributed by atoms with Gasteiger partial charge in [0.2, 0.25) is 9.84 Å². The van der Waals surface area contributed by atoms with E-state index < -0.39 is 9.84 Å². The molecule has 148 valence electrons. The average molecular weight is 407 g/mol. The molecule has 29 heavy (non-hydrogen) atoms. The molecule has 1 saturated heterocycles. The first-order valence-corrected chi connectivity index (χ1v) is 11.2. The van der Waals surface area contributed by atoms with E-state index in [1.807, 2.05) is 36.4 Å². The first-order valence-electron chi connectivity index (χ1n) is 9.76. The van der Waals surface area contributed by atoms with Gasteiger partial charge in [0.1, 0.15) is 16.4 Å². The molecule has 0 N–H and O–H groups in total. The van der Waals surface area contributed by atoms with Crippen molar-refractivity contribution in [1.29, 1.82) is 0 Å². The van der Waals surface area contributed by atoms with Crippen LogP contribution in [0.1, 0.15) is 6.42 Å². The number of likely N-dealkylation sites (N-methyl/N-ethyl adjacent to an activating group) is 1. The fourth-order valence-corrected chi connectivity index (χ4v) is 5.30. The van der Waals surface area contributed by atoms with Crippen LogP contribution in [-0.4, -0.2) is 62.9 Å². The highest BCUT2D eigenvalue weighted by Crippen LogP contribution is 2.30. The summed E-state index contributed by atoms with van der Waals surface area (Å²) in [6.07, 6.45) is 4.11. The van der Waals surface area contributed by atoms with Crippen LogP contribution >= 0.6 is 0 Å². The highest BCUT2D eigenvalue weighted by molar-refractivity contribution is 7.96. The van der Waals surface area contributed by atoms with Gasteiger partial charge in [-0.2, -0.15) is 0 Å². The molecule has 1 fully saturated rings. The molecule has 2 aromatic rings. The van der Waals surface area contributed by atoms with Crippen molar-refractivity contribution in [1.82, 2.24) is 9.80 Å². The molecule has 0 spiro atoms. The number of allylic oxidation sites excluding steroid dienone is 2. The second kappa shape index (κ2) is 6.93. The summed E-state index contributed by atoms with van der Waals surface area (Å²) in [5.41, 5.74) is 1.22. The van der Waals surface area contributed by atoms with Crippen LogP contribution in [0.5, 0.6) is 0 Å². The molecule has 0 amide bonds. The van der Waals surface area contributed by atoms with E-state index in [2.05, 4.69) is 21.8 Å². The third kappa shape index (κ3) is 3.20. The summed E-state index contributed by atoms with van der Waals surface area (Å²) in [7, 11) is -1.59. The van der Waals surface area contributed by atoms with Crippen molar-refractivity contribution in [3.63, 3.8) is 0 Å². The lowest BCUT2D eigenvalue weighted by molar-refractivity contribution is 0.185. The van der Waals surface area contributed by atoms with Crippen LogP contribution in [0.4, 0.5) is 0 Å². The number of benzene rings is 2. The number of hydrogen-bond donors (Lipinski definition) is 0. The standard InChI is InChI=1S/C22H22N4O2S/c1-25-10-12-26(13-11-25)21-9-8-19-22(24-21)20(15-23-19)29(27,28)18-7-6-16-4-2-3-5-17(16)14-18/h2-7,9,14-15H,8,10-13H2,1H3. The van der Waals surface area contributed by atoms with E-state index in [0.717, 1.165) is 48.5 Å². The smallest absolute Gasteiger partial charge is 0.210 e. The molecule has 0 aliphatic carbocycles. The van der Waals surface area contributed by atoms with Crippen LogP contribution in [0, 0.1) is 0 Å². The van der Waals surface area contributed by atoms with Crippen LogP contribution < -0.4 is 0 Å². The number of sulfone groups is 1. The van der Waals surface area contributed by atoms with Crippen LogP contribution in [-0.2, 0) is 9.84 Å². The van der Waals surface area contributed by atoms with E-state index in [1.165, 1.54) is 6.20 Å². The monoisotopic (exact) mass is 406 g/mol. The Morgan fingerprint density at radius 3 is 2.52 bits per heavy atom. The van der Waals surface area contributed by atoms with E-state index in [-0.39, 0.29) is 9.80 Å². The lowest BCUT2D eigenvalue weighted by Gasteiger charge is -2.34. The van der Waals surface area contributed by atoms with Crippen molar-refractivity contribution in [3.8, 4) is 0 Å². The van der Waals surface area contributed by atoms with Crippen LogP contribution in [0.25, 0.3) is 10.8 Å². The molecule has 0 atom stereocenters. The summed E-state index contributed by atoms with van der Waals surface area (Å²) in [5, 5.41) is 1.91. The Balaban J connectivity index is 1.48. The number of aliphatic imine (C=N–C) groups is 2. The van der Waals surface area contributed by atoms with Crippen molar-refractivity contribution in [3.05, 3.63) is 65.5 Å². The molecule has 7 heteroatoms. The largest absolute Gasteiger partial charge is 0.354 e. The van der Waals surface area contributed by atoms with Crippen molar-refractivity contribution < 1.29 is 8.42 Å². The van der Waals surface area contributed by atoms with Gasteiger partial charge in [0.25, 0.3) is 0 Å². The Morgan fingerprint density at radius 1 is 0.966 bits per heavy atom. The predicted octanol–water partition coefficient (Wildman–Crippen LogP) is 2.84. The van der Waals surface area contributed by atoms with E-state index in [4.69, 9.17) is 4.99 Å². The van der Waals surface area contributed by atoms with Crippen molar-refractivity contribution in [2.24, 2.45) is 9.98 Å². The van der Waals surface area contributed by atoms with Crippen LogP contribution in [0.15, 0.2) is 80.3 Å². The number of piperazine rings is 1. The third-order valence-corrected chi connectivity index (χ3v) is 7.45. The Kier molecular flexibility index (Phi) is 4.37. The quantitative estimate of drug-likeness (QED) is 0.786. The van der Waals surface area contributed by atoms with Gasteiger partial charge >= 0.3 is 0 Å². The van der Waals surface area contributed by atoms with Gasteiger partial charge in [-0.3, -0.25) is 4.99 Å². The van der Waals surface area contributed by atoms with Crippen molar-refractivity contribution in [2.45, 2.75) is 11.3 Å². The first-order chi connectivity index (χ1) is 14.0. The maximum Gasteiger partial charge on any atom is 0.210 e. The molecule has 3 aliphatic heterocycles. The Hall–Kier alpha value is -2.77. The molecule has 0 radical (unpaired) electrons. The lowest BCUT2D eigenvalue weighted by atomic mass is 10.1. The van der Waals surface area contributed by atoms with Gasteiger partial charge in [0, 0.05) is 38.8 Å². The van der Waals surface area contributed by atoms with Crippen LogP contribution in [0.2, 0.25) is 0 Å². The minimum absolute atomic E-state index is 0.197. The zero-order valence-corrected chi connectivity index (χ0v) is 17.1. The molecule has 2 aromatic carbocycles. The fraction of sp³-hybridized carbons (Fsp3) is 0.273. The molecule has 0 bridgehead atoms. The summed E-state index contributed by atoms with van der Waals surface area (Å²) in [6, 6.07) is 13.0. The highest BCUT2D eigenvalue weighted by atomic mass is 32.2. The zero-order chi connectivity index (χ0) is 20.0. The summed E-state index contributed by atoms with van der Waals surface area (Å²) in [4.78, 5) is 14.1. The fourth-order valence-electron chi connectivity index (χ4n) is 3.91.